The molecule has 2 rings (SSSR count). The van der Waals surface area contributed by atoms with Crippen molar-refractivity contribution in [2.24, 2.45) is 5.16 Å². The quantitative estimate of drug-likeness (QED) is 0.338. The molecule has 0 atom stereocenters. The minimum Gasteiger partial charge on any atom is -0.461 e. The molecule has 2 aromatic rings. The van der Waals surface area contributed by atoms with E-state index in [-0.39, 0.29) is 19.2 Å². The zero-order valence-corrected chi connectivity index (χ0v) is 13.4. The van der Waals surface area contributed by atoms with Crippen LogP contribution in [0.1, 0.15) is 30.9 Å². The molecule has 0 aromatic heterocycles. The second-order valence-corrected chi connectivity index (χ2v) is 5.29. The number of benzene rings is 2. The first-order valence-electron chi connectivity index (χ1n) is 7.58. The van der Waals surface area contributed by atoms with Gasteiger partial charge in [-0.2, -0.15) is 0 Å². The van der Waals surface area contributed by atoms with Crippen LogP contribution in [0, 0.1) is 0 Å². The maximum atomic E-state index is 12.5. The Hall–Kier alpha value is -2.62. The molecule has 0 saturated heterocycles. The van der Waals surface area contributed by atoms with E-state index in [1.165, 1.54) is 0 Å². The van der Waals surface area contributed by atoms with Crippen molar-refractivity contribution in [3.05, 3.63) is 71.8 Å². The van der Waals surface area contributed by atoms with Crippen molar-refractivity contribution >= 4 is 11.7 Å². The van der Waals surface area contributed by atoms with Crippen LogP contribution < -0.4 is 0 Å². The number of ether oxygens (including phenoxy) is 1. The second kappa shape index (κ2) is 8.73. The van der Waals surface area contributed by atoms with E-state index in [1.807, 2.05) is 74.5 Å². The number of nitrogens with zero attached hydrogens (tertiary/aromatic N) is 1. The molecule has 120 valence electrons. The third-order valence-corrected chi connectivity index (χ3v) is 3.17. The monoisotopic (exact) mass is 311 g/mol. The molecule has 0 unspecified atom stereocenters. The summed E-state index contributed by atoms with van der Waals surface area (Å²) in [5.74, 6) is -0.725. The normalized spacial score (nSPS) is 10.2. The smallest absolute Gasteiger partial charge is 0.318 e. The molecule has 0 saturated carbocycles. The van der Waals surface area contributed by atoms with Crippen molar-refractivity contribution < 1.29 is 14.4 Å². The van der Waals surface area contributed by atoms with Crippen LogP contribution in [0.2, 0.25) is 0 Å². The fraction of sp³-hybridized carbons (Fsp3) is 0.263. The molecule has 2 aromatic carbocycles. The molecule has 4 nitrogen and oxygen atoms in total. The van der Waals surface area contributed by atoms with Crippen molar-refractivity contribution in [2.45, 2.75) is 19.8 Å². The van der Waals surface area contributed by atoms with Gasteiger partial charge in [-0.05, 0) is 25.0 Å². The van der Waals surface area contributed by atoms with Gasteiger partial charge >= 0.3 is 5.97 Å². The molecule has 0 aliphatic heterocycles. The molecule has 0 aliphatic rings. The van der Waals surface area contributed by atoms with Crippen LogP contribution in [0.4, 0.5) is 0 Å². The van der Waals surface area contributed by atoms with E-state index in [1.54, 1.807) is 0 Å². The summed E-state index contributed by atoms with van der Waals surface area (Å²) in [7, 11) is 0. The summed E-state index contributed by atoms with van der Waals surface area (Å²) in [4.78, 5) is 17.6. The summed E-state index contributed by atoms with van der Waals surface area (Å²) >= 11 is 0. The Balaban J connectivity index is 2.06. The highest BCUT2D eigenvalue weighted by atomic mass is 16.6. The fourth-order valence-corrected chi connectivity index (χ4v) is 2.19. The summed E-state index contributed by atoms with van der Waals surface area (Å²) in [6, 6.07) is 19.2. The van der Waals surface area contributed by atoms with Gasteiger partial charge in [0.15, 0.2) is 6.61 Å². The van der Waals surface area contributed by atoms with Crippen molar-refractivity contribution in [3.8, 4) is 0 Å². The van der Waals surface area contributed by atoms with E-state index >= 15 is 0 Å². The van der Waals surface area contributed by atoms with Crippen LogP contribution in [0.25, 0.3) is 0 Å². The molecule has 0 spiro atoms. The van der Waals surface area contributed by atoms with Crippen LogP contribution in [0.3, 0.4) is 0 Å². The minimum atomic E-state index is -0.436. The van der Waals surface area contributed by atoms with Crippen molar-refractivity contribution in [2.75, 3.05) is 13.2 Å². The highest BCUT2D eigenvalue weighted by molar-refractivity contribution is 5.82. The summed E-state index contributed by atoms with van der Waals surface area (Å²) in [6.07, 6.45) is 0. The van der Waals surface area contributed by atoms with Crippen LogP contribution >= 0.6 is 0 Å². The predicted octanol–water partition coefficient (Wildman–Crippen LogP) is 3.77. The van der Waals surface area contributed by atoms with Gasteiger partial charge in [-0.3, -0.25) is 4.79 Å². The van der Waals surface area contributed by atoms with Gasteiger partial charge in [-0.1, -0.05) is 65.8 Å². The maximum absolute atomic E-state index is 12.5. The SMILES string of the molecule is CC(C)=NOCCOC(=O)C(c1ccccc1)c1ccccc1. The Labute approximate surface area is 136 Å². The summed E-state index contributed by atoms with van der Waals surface area (Å²) in [6.45, 7) is 4.10. The van der Waals surface area contributed by atoms with Crippen LogP contribution in [0.15, 0.2) is 65.8 Å². The zero-order valence-electron chi connectivity index (χ0n) is 13.4. The summed E-state index contributed by atoms with van der Waals surface area (Å²) < 4.78 is 5.36. The molecule has 0 amide bonds. The Kier molecular flexibility index (Phi) is 6.36. The number of esters is 1. The second-order valence-electron chi connectivity index (χ2n) is 5.29. The lowest BCUT2D eigenvalue weighted by Crippen LogP contribution is -2.19. The maximum Gasteiger partial charge on any atom is 0.318 e. The van der Waals surface area contributed by atoms with Gasteiger partial charge in [-0.25, -0.2) is 0 Å². The van der Waals surface area contributed by atoms with Gasteiger partial charge in [0.05, 0.1) is 5.71 Å². The van der Waals surface area contributed by atoms with Crippen LogP contribution in [-0.2, 0) is 14.4 Å². The first-order valence-corrected chi connectivity index (χ1v) is 7.58. The van der Waals surface area contributed by atoms with Crippen molar-refractivity contribution in [1.29, 1.82) is 0 Å². The van der Waals surface area contributed by atoms with Crippen LogP contribution in [0.5, 0.6) is 0 Å². The average Bonchev–Trinajstić information content (AvgIpc) is 2.56. The number of hydrogen-bond donors (Lipinski definition) is 0. The van der Waals surface area contributed by atoms with Crippen molar-refractivity contribution in [3.63, 3.8) is 0 Å². The molecule has 0 N–H and O–H groups in total. The lowest BCUT2D eigenvalue weighted by atomic mass is 9.91. The van der Waals surface area contributed by atoms with E-state index in [9.17, 15) is 4.79 Å². The first kappa shape index (κ1) is 16.7. The highest BCUT2D eigenvalue weighted by Gasteiger charge is 2.23. The van der Waals surface area contributed by atoms with E-state index in [4.69, 9.17) is 9.57 Å². The Morgan fingerprint density at radius 1 is 0.913 bits per heavy atom. The third-order valence-electron chi connectivity index (χ3n) is 3.17. The Bertz CT molecular complexity index is 595. The number of oxime groups is 1. The standard InChI is InChI=1S/C19H21NO3/c1-15(2)20-23-14-13-22-19(21)18(16-9-5-3-6-10-16)17-11-7-4-8-12-17/h3-12,18H,13-14H2,1-2H3. The molecule has 0 bridgehead atoms. The third kappa shape index (κ3) is 5.25. The van der Waals surface area contributed by atoms with Crippen molar-refractivity contribution in [1.82, 2.24) is 0 Å². The molecule has 0 heterocycles. The van der Waals surface area contributed by atoms with Crippen LogP contribution in [-0.4, -0.2) is 24.9 Å². The van der Waals surface area contributed by atoms with E-state index in [0.29, 0.717) is 0 Å². The molecule has 23 heavy (non-hydrogen) atoms. The molecular formula is C19H21NO3. The van der Waals surface area contributed by atoms with Gasteiger partial charge in [0, 0.05) is 0 Å². The van der Waals surface area contributed by atoms with E-state index < -0.39 is 5.92 Å². The van der Waals surface area contributed by atoms with Gasteiger partial charge in [-0.15, -0.1) is 0 Å². The zero-order chi connectivity index (χ0) is 16.5. The van der Waals surface area contributed by atoms with Gasteiger partial charge < -0.3 is 9.57 Å². The van der Waals surface area contributed by atoms with E-state index in [2.05, 4.69) is 5.16 Å². The lowest BCUT2D eigenvalue weighted by Gasteiger charge is -2.16. The lowest BCUT2D eigenvalue weighted by molar-refractivity contribution is -0.145. The highest BCUT2D eigenvalue weighted by Crippen LogP contribution is 2.25. The number of carbonyl (C=O) groups excluding carboxylic acids is 1. The van der Waals surface area contributed by atoms with Gasteiger partial charge in [0.2, 0.25) is 0 Å². The minimum absolute atomic E-state index is 0.172. The fourth-order valence-electron chi connectivity index (χ4n) is 2.19. The largest absolute Gasteiger partial charge is 0.461 e. The Morgan fingerprint density at radius 2 is 1.43 bits per heavy atom. The van der Waals surface area contributed by atoms with Gasteiger partial charge in [0.1, 0.15) is 12.5 Å². The Morgan fingerprint density at radius 3 is 1.91 bits per heavy atom. The number of rotatable bonds is 7. The topological polar surface area (TPSA) is 47.9 Å². The molecule has 0 radical (unpaired) electrons. The average molecular weight is 311 g/mol. The van der Waals surface area contributed by atoms with E-state index in [0.717, 1.165) is 16.8 Å². The molecular weight excluding hydrogens is 290 g/mol. The summed E-state index contributed by atoms with van der Waals surface area (Å²) in [5.41, 5.74) is 2.64. The molecule has 0 fully saturated rings. The molecule has 4 heteroatoms. The number of hydrogen-bond acceptors (Lipinski definition) is 4. The van der Waals surface area contributed by atoms with Gasteiger partial charge in [0.25, 0.3) is 0 Å². The first-order chi connectivity index (χ1) is 11.2. The predicted molar refractivity (Wildman–Crippen MR) is 90.4 cm³/mol. The molecule has 0 aliphatic carbocycles. The number of carbonyl (C=O) groups is 1. The summed E-state index contributed by atoms with van der Waals surface area (Å²) in [5, 5.41) is 3.81.